The normalized spacial score (nSPS) is 12.4. The number of hydrogen-bond acceptors (Lipinski definition) is 5. The van der Waals surface area contributed by atoms with Gasteiger partial charge in [0.05, 0.1) is 12.7 Å². The number of furan rings is 1. The van der Waals surface area contributed by atoms with Gasteiger partial charge < -0.3 is 23.7 Å². The van der Waals surface area contributed by atoms with Crippen LogP contribution < -0.4 is 14.2 Å². The third-order valence-corrected chi connectivity index (χ3v) is 6.13. The summed E-state index contributed by atoms with van der Waals surface area (Å²) in [7, 11) is 0. The zero-order chi connectivity index (χ0) is 25.9. The van der Waals surface area contributed by atoms with E-state index in [1.54, 1.807) is 24.3 Å². The third-order valence-electron chi connectivity index (χ3n) is 6.13. The third kappa shape index (κ3) is 5.48. The second-order valence-corrected chi connectivity index (χ2v) is 9.42. The molecule has 0 bridgehead atoms. The van der Waals surface area contributed by atoms with Gasteiger partial charge in [-0.05, 0) is 76.6 Å². The fourth-order valence-electron chi connectivity index (χ4n) is 4.05. The van der Waals surface area contributed by atoms with Crippen LogP contribution >= 0.6 is 0 Å². The van der Waals surface area contributed by atoms with E-state index >= 15 is 0 Å². The van der Waals surface area contributed by atoms with Crippen LogP contribution in [0.5, 0.6) is 17.2 Å². The van der Waals surface area contributed by atoms with Crippen LogP contribution in [0.1, 0.15) is 38.5 Å². The monoisotopic (exact) mass is 488 g/mol. The van der Waals surface area contributed by atoms with E-state index in [4.69, 9.17) is 18.6 Å². The van der Waals surface area contributed by atoms with E-state index in [2.05, 4.69) is 18.2 Å². The first-order chi connectivity index (χ1) is 17.2. The average molecular weight is 489 g/mol. The second kappa shape index (κ2) is 10.4. The molecule has 36 heavy (non-hydrogen) atoms. The molecule has 4 aromatic rings. The van der Waals surface area contributed by atoms with E-state index in [1.165, 1.54) is 13.8 Å². The van der Waals surface area contributed by atoms with Crippen molar-refractivity contribution in [3.8, 4) is 28.4 Å². The molecule has 0 aliphatic heterocycles. The van der Waals surface area contributed by atoms with Crippen LogP contribution in [-0.2, 0) is 4.79 Å². The number of carbonyl (C=O) groups is 1. The van der Waals surface area contributed by atoms with E-state index in [0.29, 0.717) is 24.5 Å². The van der Waals surface area contributed by atoms with Gasteiger partial charge in [-0.1, -0.05) is 30.3 Å². The SMILES string of the molecule is Cc1oc2c(C)c(OC(C)CCOc3ccc(OC(C)(C)C(=O)O)cc3)ccc2c1-c1ccccc1. The number of carboxylic acid groups (broad SMARTS) is 1. The average Bonchev–Trinajstić information content (AvgIpc) is 3.19. The van der Waals surface area contributed by atoms with Crippen molar-refractivity contribution in [1.82, 2.24) is 0 Å². The maximum atomic E-state index is 11.2. The molecule has 0 saturated heterocycles. The number of aryl methyl sites for hydroxylation is 2. The highest BCUT2D eigenvalue weighted by Crippen LogP contribution is 2.39. The number of fused-ring (bicyclic) bond motifs is 1. The van der Waals surface area contributed by atoms with Gasteiger partial charge >= 0.3 is 5.97 Å². The molecule has 6 heteroatoms. The predicted octanol–water partition coefficient (Wildman–Crippen LogP) is 7.20. The topological polar surface area (TPSA) is 78.1 Å². The van der Waals surface area contributed by atoms with E-state index in [-0.39, 0.29) is 6.10 Å². The molecule has 1 unspecified atom stereocenters. The van der Waals surface area contributed by atoms with E-state index in [0.717, 1.165) is 39.2 Å². The van der Waals surface area contributed by atoms with Gasteiger partial charge in [-0.3, -0.25) is 0 Å². The van der Waals surface area contributed by atoms with E-state index < -0.39 is 11.6 Å². The van der Waals surface area contributed by atoms with Crippen LogP contribution in [0.15, 0.2) is 71.1 Å². The summed E-state index contributed by atoms with van der Waals surface area (Å²) in [6.45, 7) is 9.52. The number of rotatable bonds is 10. The predicted molar refractivity (Wildman–Crippen MR) is 140 cm³/mol. The molecule has 0 amide bonds. The lowest BCUT2D eigenvalue weighted by Gasteiger charge is -2.21. The van der Waals surface area contributed by atoms with Crippen molar-refractivity contribution >= 4 is 16.9 Å². The van der Waals surface area contributed by atoms with Crippen molar-refractivity contribution in [3.63, 3.8) is 0 Å². The van der Waals surface area contributed by atoms with Gasteiger partial charge in [0.25, 0.3) is 0 Å². The summed E-state index contributed by atoms with van der Waals surface area (Å²) in [5, 5.41) is 10.3. The first-order valence-corrected chi connectivity index (χ1v) is 12.1. The van der Waals surface area contributed by atoms with Gasteiger partial charge in [-0.25, -0.2) is 4.79 Å². The lowest BCUT2D eigenvalue weighted by Crippen LogP contribution is -2.37. The Morgan fingerprint density at radius 3 is 2.31 bits per heavy atom. The minimum Gasteiger partial charge on any atom is -0.493 e. The van der Waals surface area contributed by atoms with Gasteiger partial charge in [-0.15, -0.1) is 0 Å². The highest BCUT2D eigenvalue weighted by atomic mass is 16.5. The van der Waals surface area contributed by atoms with Gasteiger partial charge in [0.2, 0.25) is 0 Å². The van der Waals surface area contributed by atoms with Crippen molar-refractivity contribution in [3.05, 3.63) is 78.1 Å². The molecule has 1 N–H and O–H groups in total. The van der Waals surface area contributed by atoms with Gasteiger partial charge in [0.15, 0.2) is 5.60 Å². The molecule has 6 nitrogen and oxygen atoms in total. The molecular formula is C30H32O6. The number of benzene rings is 3. The molecule has 1 atom stereocenters. The quantitative estimate of drug-likeness (QED) is 0.254. The number of ether oxygens (including phenoxy) is 3. The fourth-order valence-corrected chi connectivity index (χ4v) is 4.05. The number of carboxylic acids is 1. The van der Waals surface area contributed by atoms with Crippen LogP contribution in [0.4, 0.5) is 0 Å². The number of aliphatic carboxylic acids is 1. The fraction of sp³-hybridized carbons (Fsp3) is 0.300. The van der Waals surface area contributed by atoms with Crippen LogP contribution in [-0.4, -0.2) is 29.4 Å². The highest BCUT2D eigenvalue weighted by molar-refractivity contribution is 5.98. The lowest BCUT2D eigenvalue weighted by molar-refractivity contribution is -0.152. The Hall–Kier alpha value is -3.93. The van der Waals surface area contributed by atoms with E-state index in [1.807, 2.05) is 45.0 Å². The Morgan fingerprint density at radius 2 is 1.64 bits per heavy atom. The Bertz CT molecular complexity index is 1340. The highest BCUT2D eigenvalue weighted by Gasteiger charge is 2.29. The summed E-state index contributed by atoms with van der Waals surface area (Å²) in [6, 6.07) is 21.3. The summed E-state index contributed by atoms with van der Waals surface area (Å²) < 4.78 is 23.7. The summed E-state index contributed by atoms with van der Waals surface area (Å²) in [6.07, 6.45) is 0.624. The van der Waals surface area contributed by atoms with Crippen molar-refractivity contribution < 1.29 is 28.5 Å². The Labute approximate surface area is 211 Å². The molecule has 0 aliphatic carbocycles. The first kappa shape index (κ1) is 25.2. The molecule has 1 aromatic heterocycles. The van der Waals surface area contributed by atoms with E-state index in [9.17, 15) is 9.90 Å². The zero-order valence-electron chi connectivity index (χ0n) is 21.3. The maximum Gasteiger partial charge on any atom is 0.347 e. The molecule has 0 radical (unpaired) electrons. The summed E-state index contributed by atoms with van der Waals surface area (Å²) in [5.41, 5.74) is 2.78. The Balaban J connectivity index is 1.35. The smallest absolute Gasteiger partial charge is 0.347 e. The van der Waals surface area contributed by atoms with Crippen LogP contribution in [0.2, 0.25) is 0 Å². The Kier molecular flexibility index (Phi) is 7.25. The summed E-state index contributed by atoms with van der Waals surface area (Å²) in [5.74, 6) is 1.82. The van der Waals surface area contributed by atoms with Gasteiger partial charge in [0.1, 0.15) is 28.6 Å². The number of hydrogen-bond donors (Lipinski definition) is 1. The molecule has 0 aliphatic rings. The van der Waals surface area contributed by atoms with Crippen molar-refractivity contribution in [2.75, 3.05) is 6.61 Å². The molecule has 188 valence electrons. The largest absolute Gasteiger partial charge is 0.493 e. The van der Waals surface area contributed by atoms with Crippen molar-refractivity contribution in [2.24, 2.45) is 0 Å². The summed E-state index contributed by atoms with van der Waals surface area (Å²) in [4.78, 5) is 11.2. The van der Waals surface area contributed by atoms with Gasteiger partial charge in [-0.2, -0.15) is 0 Å². The molecule has 4 rings (SSSR count). The van der Waals surface area contributed by atoms with Gasteiger partial charge in [0, 0.05) is 22.9 Å². The van der Waals surface area contributed by atoms with Crippen LogP contribution in [0.25, 0.3) is 22.1 Å². The van der Waals surface area contributed by atoms with Crippen molar-refractivity contribution in [1.29, 1.82) is 0 Å². The van der Waals surface area contributed by atoms with Crippen LogP contribution in [0.3, 0.4) is 0 Å². The molecule has 1 heterocycles. The molecule has 0 fully saturated rings. The minimum absolute atomic E-state index is 0.0650. The summed E-state index contributed by atoms with van der Waals surface area (Å²) >= 11 is 0. The van der Waals surface area contributed by atoms with Crippen molar-refractivity contribution in [2.45, 2.75) is 52.7 Å². The van der Waals surface area contributed by atoms with Crippen LogP contribution in [0, 0.1) is 13.8 Å². The lowest BCUT2D eigenvalue weighted by atomic mass is 10.0. The maximum absolute atomic E-state index is 11.2. The molecular weight excluding hydrogens is 456 g/mol. The second-order valence-electron chi connectivity index (χ2n) is 9.42. The molecule has 0 spiro atoms. The zero-order valence-corrected chi connectivity index (χ0v) is 21.3. The minimum atomic E-state index is -1.30. The molecule has 0 saturated carbocycles. The first-order valence-electron chi connectivity index (χ1n) is 12.1. The molecule has 3 aromatic carbocycles. The standard InChI is InChI=1S/C30H32O6/c1-19(17-18-33-23-11-13-24(14-12-23)36-30(4,5)29(31)32)34-26-16-15-25-27(22-9-7-6-8-10-22)21(3)35-28(25)20(26)2/h6-16,19H,17-18H2,1-5H3,(H,31,32). The Morgan fingerprint density at radius 1 is 0.972 bits per heavy atom.